The van der Waals surface area contributed by atoms with Crippen molar-refractivity contribution >= 4 is 41.1 Å². The number of rotatable bonds is 6. The number of carboxylic acid groups (broad SMARTS) is 1. The number of nitrogens with one attached hydrogen (secondary N) is 1. The molecule has 0 saturated heterocycles. The Morgan fingerprint density at radius 2 is 1.85 bits per heavy atom. The molecule has 2 heterocycles. The predicted molar refractivity (Wildman–Crippen MR) is 140 cm³/mol. The van der Waals surface area contributed by atoms with Crippen LogP contribution in [0.15, 0.2) is 78.9 Å². The number of carbonyl (C=O) groups excluding carboxylic acids is 2. The Balaban J connectivity index is 1.47. The van der Waals surface area contributed by atoms with E-state index in [1.807, 2.05) is 12.1 Å². The molecule has 3 aromatic carbocycles. The molecule has 1 atom stereocenters. The van der Waals surface area contributed by atoms with Gasteiger partial charge in [0.1, 0.15) is 12.4 Å². The van der Waals surface area contributed by atoms with Crippen LogP contribution in [0.25, 0.3) is 11.8 Å². The summed E-state index contributed by atoms with van der Waals surface area (Å²) in [5, 5.41) is 23.1. The van der Waals surface area contributed by atoms with E-state index in [0.29, 0.717) is 28.4 Å². The molecule has 5 rings (SSSR count). The number of tetrazole rings is 1. The second kappa shape index (κ2) is 10.8. The average molecular weight is 547 g/mol. The van der Waals surface area contributed by atoms with Gasteiger partial charge in [-0.2, -0.15) is 4.68 Å². The number of carboxylic acids is 1. The van der Waals surface area contributed by atoms with E-state index < -0.39 is 29.7 Å². The fourth-order valence-corrected chi connectivity index (χ4v) is 4.61. The van der Waals surface area contributed by atoms with Gasteiger partial charge in [0.25, 0.3) is 11.8 Å². The molecule has 0 aliphatic carbocycles. The molecule has 0 fully saturated rings. The molecule has 39 heavy (non-hydrogen) atoms. The standard InChI is InChI=1S/C27H20ClFN6O4/c28-19-7-10-23(35-15-30-32-33-35)18(13-19)14-22(29)26(37)34-12-11-16-3-1-2-4-21(16)24(34)25(36)31-20-8-5-17(6-9-20)27(38)39/h1-10,13-15,24H,11-12H2,(H,31,36)(H,38,39)/t24-/m0/s1. The SMILES string of the molecule is O=C(O)c1ccc(NC(=O)[C@@H]2c3ccccc3CCN2C(=O)C(F)=Cc2cc(Cl)ccc2-n2cnnn2)cc1. The molecule has 1 aliphatic heterocycles. The highest BCUT2D eigenvalue weighted by molar-refractivity contribution is 6.30. The van der Waals surface area contributed by atoms with Gasteiger partial charge in [-0.05, 0) is 76.5 Å². The van der Waals surface area contributed by atoms with Gasteiger partial charge in [-0.15, -0.1) is 5.10 Å². The minimum absolute atomic E-state index is 0.0575. The largest absolute Gasteiger partial charge is 0.478 e. The summed E-state index contributed by atoms with van der Waals surface area (Å²) in [5.41, 5.74) is 2.49. The van der Waals surface area contributed by atoms with Gasteiger partial charge in [-0.1, -0.05) is 35.9 Å². The van der Waals surface area contributed by atoms with Crippen LogP contribution < -0.4 is 5.32 Å². The molecule has 0 bridgehead atoms. The number of amides is 2. The Kier molecular flexibility index (Phi) is 7.15. The Morgan fingerprint density at radius 1 is 1.08 bits per heavy atom. The van der Waals surface area contributed by atoms with E-state index in [-0.39, 0.29) is 17.7 Å². The molecule has 4 aromatic rings. The quantitative estimate of drug-likeness (QED) is 0.348. The zero-order valence-corrected chi connectivity index (χ0v) is 20.9. The summed E-state index contributed by atoms with van der Waals surface area (Å²) in [4.78, 5) is 39.3. The average Bonchev–Trinajstić information content (AvgIpc) is 3.47. The lowest BCUT2D eigenvalue weighted by Crippen LogP contribution is -2.45. The highest BCUT2D eigenvalue weighted by atomic mass is 35.5. The second-order valence-electron chi connectivity index (χ2n) is 8.67. The normalized spacial score (nSPS) is 15.0. The molecular weight excluding hydrogens is 527 g/mol. The van der Waals surface area contributed by atoms with Crippen molar-refractivity contribution < 1.29 is 23.9 Å². The smallest absolute Gasteiger partial charge is 0.335 e. The van der Waals surface area contributed by atoms with Crippen molar-refractivity contribution in [2.24, 2.45) is 0 Å². The molecule has 2 N–H and O–H groups in total. The molecule has 0 unspecified atom stereocenters. The van der Waals surface area contributed by atoms with Crippen LogP contribution in [0.3, 0.4) is 0 Å². The summed E-state index contributed by atoms with van der Waals surface area (Å²) in [6.07, 6.45) is 2.79. The Morgan fingerprint density at radius 3 is 2.56 bits per heavy atom. The van der Waals surface area contributed by atoms with Crippen LogP contribution in [-0.2, 0) is 16.0 Å². The van der Waals surface area contributed by atoms with Crippen LogP contribution >= 0.6 is 11.6 Å². The molecule has 12 heteroatoms. The van der Waals surface area contributed by atoms with E-state index >= 15 is 4.39 Å². The van der Waals surface area contributed by atoms with Gasteiger partial charge in [0.05, 0.1) is 11.3 Å². The molecule has 0 spiro atoms. The van der Waals surface area contributed by atoms with Crippen LogP contribution in [0, 0.1) is 0 Å². The van der Waals surface area contributed by atoms with Gasteiger partial charge in [-0.3, -0.25) is 9.59 Å². The summed E-state index contributed by atoms with van der Waals surface area (Å²) < 4.78 is 16.9. The molecule has 1 aromatic heterocycles. The number of fused-ring (bicyclic) bond motifs is 1. The monoisotopic (exact) mass is 546 g/mol. The van der Waals surface area contributed by atoms with E-state index in [2.05, 4.69) is 20.8 Å². The van der Waals surface area contributed by atoms with Crippen molar-refractivity contribution in [2.45, 2.75) is 12.5 Å². The summed E-state index contributed by atoms with van der Waals surface area (Å²) in [5.74, 6) is -3.75. The summed E-state index contributed by atoms with van der Waals surface area (Å²) >= 11 is 6.12. The fourth-order valence-electron chi connectivity index (χ4n) is 4.43. The van der Waals surface area contributed by atoms with E-state index in [9.17, 15) is 14.4 Å². The first kappa shape index (κ1) is 25.7. The third kappa shape index (κ3) is 5.39. The number of hydrogen-bond acceptors (Lipinski definition) is 6. The molecule has 0 saturated carbocycles. The van der Waals surface area contributed by atoms with Crippen LogP contribution in [0.1, 0.15) is 33.1 Å². The number of aromatic nitrogens is 4. The number of hydrogen-bond donors (Lipinski definition) is 2. The summed E-state index contributed by atoms with van der Waals surface area (Å²) in [7, 11) is 0. The fraction of sp³-hybridized carbons (Fsp3) is 0.111. The number of halogens is 2. The number of aromatic carboxylic acids is 1. The Labute approximate surface area is 226 Å². The predicted octanol–water partition coefficient (Wildman–Crippen LogP) is 4.09. The maximum Gasteiger partial charge on any atom is 0.335 e. The van der Waals surface area contributed by atoms with Gasteiger partial charge in [0.2, 0.25) is 0 Å². The van der Waals surface area contributed by atoms with Crippen molar-refractivity contribution in [3.05, 3.63) is 106 Å². The second-order valence-corrected chi connectivity index (χ2v) is 9.11. The van der Waals surface area contributed by atoms with Crippen molar-refractivity contribution in [1.29, 1.82) is 0 Å². The lowest BCUT2D eigenvalue weighted by molar-refractivity contribution is -0.137. The third-order valence-corrected chi connectivity index (χ3v) is 6.50. The lowest BCUT2D eigenvalue weighted by atomic mass is 9.91. The molecular formula is C27H20ClFN6O4. The van der Waals surface area contributed by atoms with Crippen LogP contribution in [-0.4, -0.2) is 54.5 Å². The zero-order valence-electron chi connectivity index (χ0n) is 20.2. The maximum absolute atomic E-state index is 15.6. The van der Waals surface area contributed by atoms with E-state index in [1.165, 1.54) is 46.2 Å². The highest BCUT2D eigenvalue weighted by Gasteiger charge is 2.37. The zero-order chi connectivity index (χ0) is 27.5. The van der Waals surface area contributed by atoms with E-state index in [0.717, 1.165) is 11.6 Å². The number of benzene rings is 3. The Bertz CT molecular complexity index is 1590. The summed E-state index contributed by atoms with van der Waals surface area (Å²) in [6.45, 7) is 0.0997. The number of carbonyl (C=O) groups is 3. The van der Waals surface area contributed by atoms with Gasteiger partial charge in [0, 0.05) is 22.8 Å². The van der Waals surface area contributed by atoms with Crippen molar-refractivity contribution in [3.8, 4) is 5.69 Å². The van der Waals surface area contributed by atoms with Gasteiger partial charge < -0.3 is 15.3 Å². The first-order valence-corrected chi connectivity index (χ1v) is 12.1. The van der Waals surface area contributed by atoms with Gasteiger partial charge in [-0.25, -0.2) is 9.18 Å². The van der Waals surface area contributed by atoms with Crippen LogP contribution in [0.2, 0.25) is 5.02 Å². The molecule has 2 amide bonds. The Hall–Kier alpha value is -4.90. The first-order valence-electron chi connectivity index (χ1n) is 11.7. The molecule has 0 radical (unpaired) electrons. The van der Waals surface area contributed by atoms with Gasteiger partial charge in [0.15, 0.2) is 5.83 Å². The molecule has 1 aliphatic rings. The minimum atomic E-state index is -1.13. The minimum Gasteiger partial charge on any atom is -0.478 e. The maximum atomic E-state index is 15.6. The lowest BCUT2D eigenvalue weighted by Gasteiger charge is -2.36. The molecule has 196 valence electrons. The van der Waals surface area contributed by atoms with Crippen molar-refractivity contribution in [3.63, 3.8) is 0 Å². The van der Waals surface area contributed by atoms with Crippen LogP contribution in [0.5, 0.6) is 0 Å². The third-order valence-electron chi connectivity index (χ3n) is 6.26. The van der Waals surface area contributed by atoms with Gasteiger partial charge >= 0.3 is 5.97 Å². The van der Waals surface area contributed by atoms with E-state index in [1.54, 1.807) is 24.3 Å². The summed E-state index contributed by atoms with van der Waals surface area (Å²) in [6, 6.07) is 16.3. The van der Waals surface area contributed by atoms with Crippen molar-refractivity contribution in [2.75, 3.05) is 11.9 Å². The van der Waals surface area contributed by atoms with E-state index in [4.69, 9.17) is 16.7 Å². The first-order chi connectivity index (χ1) is 18.8. The number of anilines is 1. The highest BCUT2D eigenvalue weighted by Crippen LogP contribution is 2.33. The molecule has 10 nitrogen and oxygen atoms in total. The number of nitrogens with zero attached hydrogens (tertiary/aromatic N) is 5. The topological polar surface area (TPSA) is 130 Å². The van der Waals surface area contributed by atoms with Crippen LogP contribution in [0.4, 0.5) is 10.1 Å². The van der Waals surface area contributed by atoms with Crippen molar-refractivity contribution in [1.82, 2.24) is 25.1 Å².